The summed E-state index contributed by atoms with van der Waals surface area (Å²) in [4.78, 5) is 39.8. The molecule has 8 heteroatoms. The second-order valence-corrected chi connectivity index (χ2v) is 11.7. The van der Waals surface area contributed by atoms with Gasteiger partial charge in [0.15, 0.2) is 0 Å². The van der Waals surface area contributed by atoms with E-state index in [0.29, 0.717) is 28.2 Å². The molecule has 40 heavy (non-hydrogen) atoms. The molecule has 0 N–H and O–H groups in total. The van der Waals surface area contributed by atoms with Gasteiger partial charge in [-0.25, -0.2) is 5.01 Å². The predicted octanol–water partition coefficient (Wildman–Crippen LogP) is 5.53. The lowest BCUT2D eigenvalue weighted by Gasteiger charge is -2.18. The molecule has 2 fully saturated rings. The van der Waals surface area contributed by atoms with Gasteiger partial charge >= 0.3 is 5.97 Å². The molecular formula is C32H29N3O5. The van der Waals surface area contributed by atoms with E-state index in [1.807, 2.05) is 58.0 Å². The largest absolute Gasteiger partial charge is 0.457 e. The Hall–Kier alpha value is -4.48. The van der Waals surface area contributed by atoms with Crippen LogP contribution in [0.5, 0.6) is 11.5 Å². The van der Waals surface area contributed by atoms with Crippen LogP contribution >= 0.6 is 0 Å². The van der Waals surface area contributed by atoms with Crippen LogP contribution in [0.25, 0.3) is 0 Å². The van der Waals surface area contributed by atoms with Gasteiger partial charge in [-0.1, -0.05) is 56.3 Å². The van der Waals surface area contributed by atoms with E-state index in [-0.39, 0.29) is 23.8 Å². The zero-order valence-electron chi connectivity index (χ0n) is 22.7. The number of benzene rings is 3. The average molecular weight is 536 g/mol. The topological polar surface area (TPSA) is 99.7 Å². The highest BCUT2D eigenvalue weighted by Gasteiger charge is 2.77. The maximum Gasteiger partial charge on any atom is 0.311 e. The van der Waals surface area contributed by atoms with E-state index in [9.17, 15) is 19.6 Å². The van der Waals surface area contributed by atoms with Crippen LogP contribution in [0.1, 0.15) is 60.1 Å². The fourth-order valence-corrected chi connectivity index (χ4v) is 6.28. The van der Waals surface area contributed by atoms with Crippen LogP contribution in [-0.2, 0) is 9.53 Å². The first-order chi connectivity index (χ1) is 19.1. The Kier molecular flexibility index (Phi) is 5.82. The van der Waals surface area contributed by atoms with Gasteiger partial charge in [-0.15, -0.1) is 0 Å². The van der Waals surface area contributed by atoms with E-state index in [0.717, 1.165) is 0 Å². The van der Waals surface area contributed by atoms with Crippen LogP contribution in [0, 0.1) is 28.6 Å². The van der Waals surface area contributed by atoms with Gasteiger partial charge in [0.25, 0.3) is 11.8 Å². The zero-order chi connectivity index (χ0) is 28.4. The Morgan fingerprint density at radius 3 is 2.10 bits per heavy atom. The van der Waals surface area contributed by atoms with Crippen LogP contribution in [0.3, 0.4) is 0 Å². The van der Waals surface area contributed by atoms with Gasteiger partial charge in [0.05, 0.1) is 28.6 Å². The number of imide groups is 1. The molecule has 3 aromatic carbocycles. The van der Waals surface area contributed by atoms with Crippen LogP contribution in [0.2, 0.25) is 0 Å². The van der Waals surface area contributed by atoms with Gasteiger partial charge in [0, 0.05) is 5.56 Å². The lowest BCUT2D eigenvalue weighted by atomic mass is 10.0. The predicted molar refractivity (Wildman–Crippen MR) is 145 cm³/mol. The van der Waals surface area contributed by atoms with Crippen molar-refractivity contribution in [2.75, 3.05) is 0 Å². The van der Waals surface area contributed by atoms with Crippen LogP contribution < -0.4 is 4.74 Å². The molecule has 1 saturated carbocycles. The van der Waals surface area contributed by atoms with E-state index in [1.54, 1.807) is 53.5 Å². The number of nitrogens with zero attached hydrogens (tertiary/aromatic N) is 3. The average Bonchev–Trinajstić information content (AvgIpc) is 3.67. The normalized spacial score (nSPS) is 25.9. The van der Waals surface area contributed by atoms with E-state index in [1.165, 1.54) is 5.01 Å². The summed E-state index contributed by atoms with van der Waals surface area (Å²) in [6, 6.07) is 24.9. The number of carbonyl (C=O) groups excluding carboxylic acids is 3. The summed E-state index contributed by atoms with van der Waals surface area (Å²) in [5, 5.41) is 12.9. The minimum atomic E-state index is -1.11. The van der Waals surface area contributed by atoms with Crippen LogP contribution in [-0.4, -0.2) is 39.4 Å². The number of amides is 2. The Balaban J connectivity index is 1.18. The first-order valence-electron chi connectivity index (χ1n) is 13.3. The second-order valence-electron chi connectivity index (χ2n) is 11.7. The van der Waals surface area contributed by atoms with Crippen LogP contribution in [0.4, 0.5) is 0 Å². The smallest absolute Gasteiger partial charge is 0.311 e. The standard InChI is InChI=1S/C32H29N3O5/c1-31(2)25(27-32(3,4)35(27)34-28(36)22-15-8-9-16-23(22)29(34)37)26(31)30(38)40-24(18-33)19-11-10-14-21(17-19)39-20-12-6-5-7-13-20/h5-17,24-27H,1-4H3. The molecule has 0 spiro atoms. The number of hydrogen-bond donors (Lipinski definition) is 0. The van der Waals surface area contributed by atoms with Crippen molar-refractivity contribution < 1.29 is 23.9 Å². The number of esters is 1. The summed E-state index contributed by atoms with van der Waals surface area (Å²) in [5.41, 5.74) is 0.330. The maximum absolute atomic E-state index is 13.5. The summed E-state index contributed by atoms with van der Waals surface area (Å²) in [6.45, 7) is 7.89. The number of hydrazine groups is 1. The highest BCUT2D eigenvalue weighted by molar-refractivity contribution is 6.21. The minimum Gasteiger partial charge on any atom is -0.457 e. The molecule has 0 bridgehead atoms. The number of rotatable bonds is 7. The van der Waals surface area contributed by atoms with Gasteiger partial charge < -0.3 is 9.47 Å². The van der Waals surface area contributed by atoms with Gasteiger partial charge in [0.2, 0.25) is 6.10 Å². The summed E-state index contributed by atoms with van der Waals surface area (Å²) >= 11 is 0. The van der Waals surface area contributed by atoms with Crippen LogP contribution in [0.15, 0.2) is 78.9 Å². The summed E-state index contributed by atoms with van der Waals surface area (Å²) in [6.07, 6.45) is -1.11. The summed E-state index contributed by atoms with van der Waals surface area (Å²) in [7, 11) is 0. The number of nitriles is 1. The molecule has 5 unspecified atom stereocenters. The summed E-state index contributed by atoms with van der Waals surface area (Å²) in [5.74, 6) is -0.640. The second kappa shape index (κ2) is 9.04. The van der Waals surface area contributed by atoms with E-state index in [2.05, 4.69) is 6.07 Å². The molecular weight excluding hydrogens is 506 g/mol. The lowest BCUT2D eigenvalue weighted by molar-refractivity contribution is -0.149. The third-order valence-electron chi connectivity index (χ3n) is 8.49. The quantitative estimate of drug-likeness (QED) is 0.223. The molecule has 6 rings (SSSR count). The van der Waals surface area contributed by atoms with Crippen molar-refractivity contribution in [3.63, 3.8) is 0 Å². The zero-order valence-corrected chi connectivity index (χ0v) is 22.7. The van der Waals surface area contributed by atoms with Crippen molar-refractivity contribution in [3.8, 4) is 17.6 Å². The van der Waals surface area contributed by atoms with Crippen molar-refractivity contribution in [1.82, 2.24) is 10.0 Å². The molecule has 3 aliphatic rings. The number of para-hydroxylation sites is 1. The van der Waals surface area contributed by atoms with Crippen molar-refractivity contribution in [3.05, 3.63) is 95.6 Å². The van der Waals surface area contributed by atoms with Gasteiger partial charge in [0.1, 0.15) is 17.6 Å². The van der Waals surface area contributed by atoms with E-state index < -0.39 is 28.9 Å². The maximum atomic E-state index is 13.5. The molecule has 202 valence electrons. The number of fused-ring (bicyclic) bond motifs is 1. The summed E-state index contributed by atoms with van der Waals surface area (Å²) < 4.78 is 11.6. The van der Waals surface area contributed by atoms with Crippen molar-refractivity contribution in [2.24, 2.45) is 17.3 Å². The molecule has 8 nitrogen and oxygen atoms in total. The fourth-order valence-electron chi connectivity index (χ4n) is 6.28. The van der Waals surface area contributed by atoms with Crippen molar-refractivity contribution >= 4 is 17.8 Å². The number of carbonyl (C=O) groups is 3. The molecule has 2 heterocycles. The Bertz CT molecular complexity index is 1540. The van der Waals surface area contributed by atoms with Gasteiger partial charge in [-0.05, 0) is 61.6 Å². The number of hydrogen-bond acceptors (Lipinski definition) is 7. The third-order valence-corrected chi connectivity index (χ3v) is 8.49. The molecule has 1 aliphatic carbocycles. The molecule has 0 radical (unpaired) electrons. The SMILES string of the molecule is CC1(C)C(C(=O)OC(C#N)c2cccc(Oc3ccccc3)c2)C1C1N(N2C(=O)c3ccccc3C2=O)C1(C)C. The highest BCUT2D eigenvalue weighted by Crippen LogP contribution is 2.68. The molecule has 2 aliphatic heterocycles. The molecule has 1 saturated heterocycles. The molecule has 2 amide bonds. The fraction of sp³-hybridized carbons (Fsp3) is 0.312. The third kappa shape index (κ3) is 3.97. The van der Waals surface area contributed by atoms with E-state index in [4.69, 9.17) is 9.47 Å². The monoisotopic (exact) mass is 535 g/mol. The molecule has 5 atom stereocenters. The minimum absolute atomic E-state index is 0.161. The van der Waals surface area contributed by atoms with Crippen molar-refractivity contribution in [1.29, 1.82) is 5.26 Å². The lowest BCUT2D eigenvalue weighted by Crippen LogP contribution is -2.38. The Morgan fingerprint density at radius 1 is 0.875 bits per heavy atom. The number of ether oxygens (including phenoxy) is 2. The van der Waals surface area contributed by atoms with Crippen molar-refractivity contribution in [2.45, 2.75) is 45.4 Å². The highest BCUT2D eigenvalue weighted by atomic mass is 16.5. The Morgan fingerprint density at radius 2 is 1.48 bits per heavy atom. The van der Waals surface area contributed by atoms with Gasteiger partial charge in [-0.2, -0.15) is 10.3 Å². The first-order valence-corrected chi connectivity index (χ1v) is 13.3. The molecule has 0 aromatic heterocycles. The molecule has 3 aromatic rings. The Labute approximate surface area is 232 Å². The van der Waals surface area contributed by atoms with E-state index >= 15 is 0 Å². The van der Waals surface area contributed by atoms with Gasteiger partial charge in [-0.3, -0.25) is 14.4 Å². The first kappa shape index (κ1) is 25.8.